The Balaban J connectivity index is 0.865. The number of aliphatic hydroxyl groups is 1. The minimum Gasteiger partial charge on any atom is -0.372 e. The van der Waals surface area contributed by atoms with Crippen LogP contribution in [0.15, 0.2) is 59.7 Å². The number of para-hydroxylation sites is 1. The topological polar surface area (TPSA) is 152 Å². The molecule has 3 N–H and O–H groups in total. The maximum atomic E-state index is 13.4. The number of fused-ring (bicyclic) bond motifs is 2. The Morgan fingerprint density at radius 3 is 2.58 bits per heavy atom. The van der Waals surface area contributed by atoms with Gasteiger partial charge in [0, 0.05) is 50.6 Å². The molecule has 1 aliphatic carbocycles. The molecular weight excluding hydrogens is 679 g/mol. The number of aliphatic hydroxyl groups excluding tert-OH is 1. The van der Waals surface area contributed by atoms with Crippen LogP contribution in [0, 0.1) is 5.92 Å². The third-order valence-electron chi connectivity index (χ3n) is 10.8. The van der Waals surface area contributed by atoms with E-state index in [1.165, 1.54) is 6.07 Å². The number of nitrogens with zero attached hydrogens (tertiary/aromatic N) is 7. The Morgan fingerprint density at radius 2 is 1.83 bits per heavy atom. The molecule has 8 rings (SSSR count). The van der Waals surface area contributed by atoms with E-state index in [0.717, 1.165) is 79.4 Å². The van der Waals surface area contributed by atoms with Gasteiger partial charge in [0.1, 0.15) is 29.0 Å². The predicted molar refractivity (Wildman–Crippen MR) is 184 cm³/mol. The molecule has 13 nitrogen and oxygen atoms in total. The van der Waals surface area contributed by atoms with Crippen molar-refractivity contribution in [2.75, 3.05) is 25.0 Å². The summed E-state index contributed by atoms with van der Waals surface area (Å²) in [6.45, 7) is 2.81. The molecule has 3 aliphatic rings. The summed E-state index contributed by atoms with van der Waals surface area (Å²) in [5.74, 6) is 0.0410. The fourth-order valence-corrected chi connectivity index (χ4v) is 8.13. The van der Waals surface area contributed by atoms with E-state index in [0.29, 0.717) is 23.8 Å². The summed E-state index contributed by atoms with van der Waals surface area (Å²) in [5, 5.41) is 21.2. The van der Waals surface area contributed by atoms with Crippen molar-refractivity contribution in [2.24, 2.45) is 13.0 Å². The first kappa shape index (κ1) is 34.0. The highest BCUT2D eigenvalue weighted by atomic mass is 19.4. The standard InChI is InChI=1S/C36H38F3N9O4/c1-45-32-24(4-2-6-27(32)48(35(45)52)28-12-13-31(49)43-34(28)51)22-17-46(18-22)16-20-8-10-23(11-9-20)47-19-21-14-30(40-15-26(21)44-47)42-33(50)25-5-3-7-29(41-25)36(37,38)39/h2-7,14-15,19-20,22-23,28,34,51H,8-13,16-18H2,1H3,(H,42,50)(H,43,49). The summed E-state index contributed by atoms with van der Waals surface area (Å²) in [5.41, 5.74) is 1.75. The van der Waals surface area contributed by atoms with E-state index in [2.05, 4.69) is 31.6 Å². The molecule has 2 unspecified atom stereocenters. The molecule has 4 aromatic heterocycles. The number of nitrogens with one attached hydrogen (secondary N) is 2. The molecular formula is C36H38F3N9O4. The summed E-state index contributed by atoms with van der Waals surface area (Å²) >= 11 is 0. The first-order valence-corrected chi connectivity index (χ1v) is 17.5. The molecule has 0 spiro atoms. The molecule has 2 atom stereocenters. The van der Waals surface area contributed by atoms with Crippen LogP contribution in [-0.4, -0.2) is 76.6 Å². The number of pyridine rings is 2. The fraction of sp³-hybridized carbons (Fsp3) is 0.444. The maximum absolute atomic E-state index is 13.4. The highest BCUT2D eigenvalue weighted by molar-refractivity contribution is 6.03. The lowest BCUT2D eigenvalue weighted by atomic mass is 9.83. The Bertz CT molecular complexity index is 2230. The summed E-state index contributed by atoms with van der Waals surface area (Å²) in [4.78, 5) is 47.9. The lowest BCUT2D eigenvalue weighted by Crippen LogP contribution is -2.47. The van der Waals surface area contributed by atoms with Gasteiger partial charge in [0.25, 0.3) is 5.91 Å². The van der Waals surface area contributed by atoms with Gasteiger partial charge in [-0.3, -0.25) is 23.4 Å². The number of carbonyl (C=O) groups excluding carboxylic acids is 2. The quantitative estimate of drug-likeness (QED) is 0.225. The number of hydrogen-bond acceptors (Lipinski definition) is 8. The molecule has 1 saturated carbocycles. The number of aryl methyl sites for hydroxylation is 1. The first-order chi connectivity index (χ1) is 24.9. The molecule has 2 amide bonds. The molecule has 1 aromatic carbocycles. The lowest BCUT2D eigenvalue weighted by molar-refractivity contribution is -0.141. The van der Waals surface area contributed by atoms with Crippen molar-refractivity contribution in [3.63, 3.8) is 0 Å². The van der Waals surface area contributed by atoms with E-state index in [4.69, 9.17) is 5.10 Å². The number of benzene rings is 1. The van der Waals surface area contributed by atoms with E-state index in [9.17, 15) is 32.7 Å². The number of hydrogen-bond donors (Lipinski definition) is 3. The van der Waals surface area contributed by atoms with Gasteiger partial charge in [-0.15, -0.1) is 0 Å². The van der Waals surface area contributed by atoms with Crippen molar-refractivity contribution in [1.29, 1.82) is 0 Å². The number of alkyl halides is 3. The number of piperidine rings is 1. The zero-order valence-electron chi connectivity index (χ0n) is 28.4. The average Bonchev–Trinajstić information content (AvgIpc) is 3.64. The van der Waals surface area contributed by atoms with E-state index in [-0.39, 0.29) is 35.6 Å². The lowest BCUT2D eigenvalue weighted by Gasteiger charge is -2.43. The fourth-order valence-electron chi connectivity index (χ4n) is 8.13. The van der Waals surface area contributed by atoms with Gasteiger partial charge in [0.2, 0.25) is 5.91 Å². The molecule has 272 valence electrons. The summed E-state index contributed by atoms with van der Waals surface area (Å²) in [6, 6.07) is 10.5. The number of likely N-dealkylation sites (tertiary alicyclic amines) is 1. The van der Waals surface area contributed by atoms with Crippen molar-refractivity contribution in [3.05, 3.63) is 82.3 Å². The van der Waals surface area contributed by atoms with Gasteiger partial charge in [-0.05, 0) is 67.9 Å². The zero-order valence-corrected chi connectivity index (χ0v) is 28.4. The van der Waals surface area contributed by atoms with Gasteiger partial charge < -0.3 is 20.6 Å². The summed E-state index contributed by atoms with van der Waals surface area (Å²) in [7, 11) is 1.77. The largest absolute Gasteiger partial charge is 0.433 e. The second-order valence-electron chi connectivity index (χ2n) is 14.2. The second kappa shape index (κ2) is 13.2. The van der Waals surface area contributed by atoms with E-state index < -0.39 is 30.0 Å². The van der Waals surface area contributed by atoms with Crippen LogP contribution < -0.4 is 16.3 Å². The Kier molecular flexibility index (Phi) is 8.60. The van der Waals surface area contributed by atoms with Gasteiger partial charge in [-0.25, -0.2) is 14.8 Å². The Labute approximate surface area is 295 Å². The number of halogens is 3. The smallest absolute Gasteiger partial charge is 0.372 e. The van der Waals surface area contributed by atoms with Crippen LogP contribution in [0.4, 0.5) is 19.0 Å². The Hall–Kier alpha value is -5.09. The third kappa shape index (κ3) is 6.34. The van der Waals surface area contributed by atoms with E-state index in [1.54, 1.807) is 28.4 Å². The van der Waals surface area contributed by atoms with Gasteiger partial charge in [0.05, 0.1) is 29.3 Å². The number of anilines is 1. The molecule has 3 fully saturated rings. The van der Waals surface area contributed by atoms with Gasteiger partial charge in [0.15, 0.2) is 0 Å². The average molecular weight is 718 g/mol. The van der Waals surface area contributed by atoms with Crippen LogP contribution in [-0.2, 0) is 18.0 Å². The van der Waals surface area contributed by atoms with Crippen LogP contribution in [0.1, 0.15) is 78.3 Å². The van der Waals surface area contributed by atoms with Crippen LogP contribution in [0.2, 0.25) is 0 Å². The van der Waals surface area contributed by atoms with Gasteiger partial charge >= 0.3 is 11.9 Å². The molecule has 0 radical (unpaired) electrons. The normalized spacial score (nSPS) is 23.1. The van der Waals surface area contributed by atoms with Crippen LogP contribution >= 0.6 is 0 Å². The summed E-state index contributed by atoms with van der Waals surface area (Å²) < 4.78 is 44.4. The van der Waals surface area contributed by atoms with Crippen LogP contribution in [0.3, 0.4) is 0 Å². The number of imidazole rings is 1. The minimum absolute atomic E-state index is 0.196. The Morgan fingerprint density at radius 1 is 1.06 bits per heavy atom. The van der Waals surface area contributed by atoms with Gasteiger partial charge in [-0.1, -0.05) is 18.2 Å². The SMILES string of the molecule is Cn1c(=O)n(C2CCC(=O)NC2O)c2cccc(C3CN(CC4CCC(n5cc6cc(NC(=O)c7cccc(C(F)(F)F)n7)ncc6n5)CC4)C3)c21. The predicted octanol–water partition coefficient (Wildman–Crippen LogP) is 4.35. The molecule has 0 bridgehead atoms. The summed E-state index contributed by atoms with van der Waals surface area (Å²) in [6.07, 6.45) is 2.41. The molecule has 6 heterocycles. The molecule has 16 heteroatoms. The monoisotopic (exact) mass is 717 g/mol. The highest BCUT2D eigenvalue weighted by Gasteiger charge is 2.36. The van der Waals surface area contributed by atoms with Crippen molar-refractivity contribution in [3.8, 4) is 0 Å². The molecule has 5 aromatic rings. The van der Waals surface area contributed by atoms with Crippen molar-refractivity contribution in [2.45, 2.75) is 68.9 Å². The van der Waals surface area contributed by atoms with Crippen molar-refractivity contribution in [1.82, 2.24) is 39.1 Å². The van der Waals surface area contributed by atoms with Gasteiger partial charge in [-0.2, -0.15) is 18.3 Å². The third-order valence-corrected chi connectivity index (χ3v) is 10.8. The number of aromatic nitrogens is 6. The minimum atomic E-state index is -4.66. The second-order valence-corrected chi connectivity index (χ2v) is 14.2. The molecule has 52 heavy (non-hydrogen) atoms. The number of rotatable bonds is 7. The first-order valence-electron chi connectivity index (χ1n) is 17.5. The van der Waals surface area contributed by atoms with Crippen LogP contribution in [0.5, 0.6) is 0 Å². The highest BCUT2D eigenvalue weighted by Crippen LogP contribution is 2.38. The van der Waals surface area contributed by atoms with Crippen molar-refractivity contribution < 1.29 is 27.9 Å². The zero-order chi connectivity index (χ0) is 36.3. The molecule has 2 aliphatic heterocycles. The van der Waals surface area contributed by atoms with Crippen LogP contribution in [0.25, 0.3) is 21.9 Å². The number of carbonyl (C=O) groups is 2. The van der Waals surface area contributed by atoms with E-state index >= 15 is 0 Å². The maximum Gasteiger partial charge on any atom is 0.433 e. The number of amides is 2. The van der Waals surface area contributed by atoms with E-state index in [1.807, 2.05) is 23.0 Å². The molecule has 2 saturated heterocycles. The van der Waals surface area contributed by atoms with Crippen molar-refractivity contribution >= 4 is 39.6 Å².